The van der Waals surface area contributed by atoms with Crippen LogP contribution in [-0.2, 0) is 25.7 Å². The fourth-order valence-corrected chi connectivity index (χ4v) is 5.14. The van der Waals surface area contributed by atoms with E-state index in [-0.39, 0.29) is 25.9 Å². The Morgan fingerprint density at radius 1 is 1.03 bits per heavy atom. The Labute approximate surface area is 173 Å². The number of ether oxygens (including phenoxy) is 1. The summed E-state index contributed by atoms with van der Waals surface area (Å²) in [4.78, 5) is 11.7. The second-order valence-electron chi connectivity index (χ2n) is 7.16. The number of hydrogen-bond acceptors (Lipinski definition) is 4. The van der Waals surface area contributed by atoms with E-state index in [1.54, 1.807) is 6.92 Å². The van der Waals surface area contributed by atoms with Gasteiger partial charge in [0, 0.05) is 13.1 Å². The molecule has 1 saturated heterocycles. The summed E-state index contributed by atoms with van der Waals surface area (Å²) in [5.41, 5.74) is -0.349. The molecule has 1 fully saturated rings. The fraction of sp³-hybridized carbons (Fsp3) is 0.381. The number of alkyl halides is 3. The molecule has 0 amide bonds. The molecular weight excluding hydrogens is 419 g/mol. The van der Waals surface area contributed by atoms with Crippen LogP contribution < -0.4 is 0 Å². The zero-order chi connectivity index (χ0) is 21.9. The standard InChI is InChI=1S/C21H22F3NO4S/c1-15(16-7-3-2-4-8-16)29-20(26)17-11-13-25(14-12-17)30(27,28)19-10-6-5-9-18(19)21(22,23)24/h2-10,15,17H,11-14H2,1H3/t15-/m0/s1. The first kappa shape index (κ1) is 22.3. The minimum atomic E-state index is -4.78. The van der Waals surface area contributed by atoms with Crippen LogP contribution in [0.3, 0.4) is 0 Å². The third-order valence-electron chi connectivity index (χ3n) is 5.16. The Balaban J connectivity index is 1.66. The fourth-order valence-electron chi connectivity index (χ4n) is 3.46. The van der Waals surface area contributed by atoms with Crippen molar-refractivity contribution in [3.63, 3.8) is 0 Å². The maximum absolute atomic E-state index is 13.2. The number of sulfonamides is 1. The van der Waals surface area contributed by atoms with E-state index in [4.69, 9.17) is 4.74 Å². The van der Waals surface area contributed by atoms with Gasteiger partial charge in [0.05, 0.1) is 16.4 Å². The molecular formula is C21H22F3NO4S. The summed E-state index contributed by atoms with van der Waals surface area (Å²) in [6, 6.07) is 13.3. The van der Waals surface area contributed by atoms with Gasteiger partial charge in [-0.1, -0.05) is 42.5 Å². The molecule has 5 nitrogen and oxygen atoms in total. The lowest BCUT2D eigenvalue weighted by Crippen LogP contribution is -2.41. The first-order chi connectivity index (χ1) is 14.1. The van der Waals surface area contributed by atoms with Gasteiger partial charge < -0.3 is 4.74 Å². The van der Waals surface area contributed by atoms with E-state index in [2.05, 4.69) is 0 Å². The molecule has 0 radical (unpaired) electrons. The van der Waals surface area contributed by atoms with Gasteiger partial charge in [-0.05, 0) is 37.5 Å². The number of piperidine rings is 1. The van der Waals surface area contributed by atoms with Gasteiger partial charge in [-0.3, -0.25) is 4.79 Å². The maximum Gasteiger partial charge on any atom is 0.417 e. The normalized spacial score (nSPS) is 17.5. The Kier molecular flexibility index (Phi) is 6.52. The van der Waals surface area contributed by atoms with Crippen molar-refractivity contribution in [2.45, 2.75) is 36.9 Å². The summed E-state index contributed by atoms with van der Waals surface area (Å²) < 4.78 is 71.8. The van der Waals surface area contributed by atoms with Gasteiger partial charge in [-0.15, -0.1) is 0 Å². The van der Waals surface area contributed by atoms with Crippen LogP contribution in [0.1, 0.15) is 37.0 Å². The van der Waals surface area contributed by atoms with Crippen molar-refractivity contribution in [2.75, 3.05) is 13.1 Å². The second-order valence-corrected chi connectivity index (χ2v) is 9.07. The van der Waals surface area contributed by atoms with E-state index in [0.717, 1.165) is 28.1 Å². The van der Waals surface area contributed by atoms with E-state index in [1.165, 1.54) is 6.07 Å². The number of nitrogens with zero attached hydrogens (tertiary/aromatic N) is 1. The molecule has 1 atom stereocenters. The smallest absolute Gasteiger partial charge is 0.417 e. The van der Waals surface area contributed by atoms with Crippen molar-refractivity contribution in [2.24, 2.45) is 5.92 Å². The number of benzene rings is 2. The predicted octanol–water partition coefficient (Wildman–Crippen LogP) is 4.41. The molecule has 30 heavy (non-hydrogen) atoms. The third-order valence-corrected chi connectivity index (χ3v) is 7.12. The monoisotopic (exact) mass is 441 g/mol. The van der Waals surface area contributed by atoms with Gasteiger partial charge in [-0.2, -0.15) is 17.5 Å². The van der Waals surface area contributed by atoms with Gasteiger partial charge in [0.25, 0.3) is 0 Å². The number of carbonyl (C=O) groups excluding carboxylic acids is 1. The van der Waals surface area contributed by atoms with Crippen LogP contribution in [-0.4, -0.2) is 31.8 Å². The molecule has 0 N–H and O–H groups in total. The highest BCUT2D eigenvalue weighted by Crippen LogP contribution is 2.36. The van der Waals surface area contributed by atoms with Gasteiger partial charge >= 0.3 is 12.1 Å². The van der Waals surface area contributed by atoms with Crippen molar-refractivity contribution >= 4 is 16.0 Å². The summed E-state index contributed by atoms with van der Waals surface area (Å²) in [6.45, 7) is 1.66. The average molecular weight is 441 g/mol. The molecule has 1 aliphatic heterocycles. The van der Waals surface area contributed by atoms with Gasteiger partial charge in [0.2, 0.25) is 10.0 Å². The molecule has 0 aromatic heterocycles. The lowest BCUT2D eigenvalue weighted by Gasteiger charge is -2.31. The van der Waals surface area contributed by atoms with E-state index in [9.17, 15) is 26.4 Å². The zero-order valence-corrected chi connectivity index (χ0v) is 17.1. The number of esters is 1. The zero-order valence-electron chi connectivity index (χ0n) is 16.3. The number of carbonyl (C=O) groups is 1. The van der Waals surface area contributed by atoms with Crippen LogP contribution in [0.4, 0.5) is 13.2 Å². The summed E-state index contributed by atoms with van der Waals surface area (Å²) in [5.74, 6) is -0.931. The molecule has 0 saturated carbocycles. The quantitative estimate of drug-likeness (QED) is 0.645. The molecule has 9 heteroatoms. The second kappa shape index (κ2) is 8.77. The van der Waals surface area contributed by atoms with E-state index >= 15 is 0 Å². The van der Waals surface area contributed by atoms with E-state index in [1.807, 2.05) is 30.3 Å². The molecule has 0 spiro atoms. The van der Waals surface area contributed by atoms with Crippen LogP contribution in [0.25, 0.3) is 0 Å². The Morgan fingerprint density at radius 3 is 2.20 bits per heavy atom. The molecule has 2 aromatic carbocycles. The molecule has 0 aliphatic carbocycles. The lowest BCUT2D eigenvalue weighted by atomic mass is 9.98. The highest BCUT2D eigenvalue weighted by Gasteiger charge is 2.40. The first-order valence-corrected chi connectivity index (χ1v) is 11.0. The number of halogens is 3. The van der Waals surface area contributed by atoms with Crippen LogP contribution >= 0.6 is 0 Å². The molecule has 0 unspecified atom stereocenters. The molecule has 0 bridgehead atoms. The highest BCUT2D eigenvalue weighted by molar-refractivity contribution is 7.89. The van der Waals surface area contributed by atoms with Crippen LogP contribution in [0.5, 0.6) is 0 Å². The highest BCUT2D eigenvalue weighted by atomic mass is 32.2. The lowest BCUT2D eigenvalue weighted by molar-refractivity contribution is -0.155. The summed E-state index contributed by atoms with van der Waals surface area (Å²) in [6.07, 6.45) is -4.85. The molecule has 2 aromatic rings. The summed E-state index contributed by atoms with van der Waals surface area (Å²) in [5, 5.41) is 0. The van der Waals surface area contributed by atoms with Crippen molar-refractivity contribution in [3.05, 3.63) is 65.7 Å². The van der Waals surface area contributed by atoms with E-state index < -0.39 is 44.6 Å². The first-order valence-electron chi connectivity index (χ1n) is 9.52. The van der Waals surface area contributed by atoms with Crippen molar-refractivity contribution < 1.29 is 31.1 Å². The SMILES string of the molecule is C[C@H](OC(=O)C1CCN(S(=O)(=O)c2ccccc2C(F)(F)F)CC1)c1ccccc1. The molecule has 1 aliphatic rings. The van der Waals surface area contributed by atoms with Crippen LogP contribution in [0.15, 0.2) is 59.5 Å². The number of hydrogen-bond donors (Lipinski definition) is 0. The molecule has 1 heterocycles. The Bertz CT molecular complexity index is 985. The molecule has 3 rings (SSSR count). The van der Waals surface area contributed by atoms with Gasteiger partial charge in [0.15, 0.2) is 0 Å². The van der Waals surface area contributed by atoms with Crippen molar-refractivity contribution in [3.8, 4) is 0 Å². The summed E-state index contributed by atoms with van der Waals surface area (Å²) in [7, 11) is -4.33. The van der Waals surface area contributed by atoms with Crippen LogP contribution in [0.2, 0.25) is 0 Å². The Hall–Kier alpha value is -2.39. The van der Waals surface area contributed by atoms with Crippen LogP contribution in [0, 0.1) is 5.92 Å². The minimum Gasteiger partial charge on any atom is -0.458 e. The average Bonchev–Trinajstić information content (AvgIpc) is 2.74. The maximum atomic E-state index is 13.2. The predicted molar refractivity (Wildman–Crippen MR) is 104 cm³/mol. The Morgan fingerprint density at radius 2 is 1.60 bits per heavy atom. The third kappa shape index (κ3) is 4.84. The topological polar surface area (TPSA) is 63.7 Å². The summed E-state index contributed by atoms with van der Waals surface area (Å²) >= 11 is 0. The number of rotatable bonds is 5. The van der Waals surface area contributed by atoms with Gasteiger partial charge in [0.1, 0.15) is 6.10 Å². The van der Waals surface area contributed by atoms with E-state index in [0.29, 0.717) is 0 Å². The van der Waals surface area contributed by atoms with Crippen molar-refractivity contribution in [1.29, 1.82) is 0 Å². The minimum absolute atomic E-state index is 0.0476. The van der Waals surface area contributed by atoms with Crippen molar-refractivity contribution in [1.82, 2.24) is 4.31 Å². The van der Waals surface area contributed by atoms with Gasteiger partial charge in [-0.25, -0.2) is 8.42 Å². The largest absolute Gasteiger partial charge is 0.458 e. The molecule has 162 valence electrons.